The summed E-state index contributed by atoms with van der Waals surface area (Å²) < 4.78 is 32.1. The largest absolute Gasteiger partial charge is 0.494 e. The molecule has 1 aliphatic carbocycles. The van der Waals surface area contributed by atoms with Crippen molar-refractivity contribution in [3.63, 3.8) is 0 Å². The van der Waals surface area contributed by atoms with E-state index in [0.717, 1.165) is 35.6 Å². The van der Waals surface area contributed by atoms with Gasteiger partial charge < -0.3 is 10.1 Å². The second kappa shape index (κ2) is 10.1. The predicted molar refractivity (Wildman–Crippen MR) is 106 cm³/mol. The number of carbonyl (C=O) groups is 1. The van der Waals surface area contributed by atoms with E-state index < -0.39 is 10.0 Å². The van der Waals surface area contributed by atoms with Crippen LogP contribution in [0.1, 0.15) is 57.4 Å². The molecule has 0 saturated heterocycles. The molecule has 0 heterocycles. The minimum absolute atomic E-state index is 0.154. The van der Waals surface area contributed by atoms with Crippen molar-refractivity contribution in [2.45, 2.75) is 69.7 Å². The van der Waals surface area contributed by atoms with Gasteiger partial charge in [0.1, 0.15) is 5.75 Å². The molecule has 0 aliphatic heterocycles. The maximum Gasteiger partial charge on any atom is 0.243 e. The molecule has 1 fully saturated rings. The van der Waals surface area contributed by atoms with E-state index in [-0.39, 0.29) is 23.4 Å². The summed E-state index contributed by atoms with van der Waals surface area (Å²) in [5.41, 5.74) is 0.755. The summed E-state index contributed by atoms with van der Waals surface area (Å²) in [5, 5.41) is 3.01. The van der Waals surface area contributed by atoms with Gasteiger partial charge in [0.2, 0.25) is 15.9 Å². The third-order valence-corrected chi connectivity index (χ3v) is 6.79. The van der Waals surface area contributed by atoms with E-state index in [4.69, 9.17) is 4.74 Å². The molecular weight excluding hydrogens is 364 g/mol. The van der Waals surface area contributed by atoms with E-state index in [1.54, 1.807) is 12.1 Å². The molecule has 0 atom stereocenters. The first-order chi connectivity index (χ1) is 12.8. The van der Waals surface area contributed by atoms with E-state index in [1.807, 2.05) is 13.8 Å². The molecule has 7 heteroatoms. The number of aryl methyl sites for hydroxylation is 1. The summed E-state index contributed by atoms with van der Waals surface area (Å²) in [5.74, 6) is 0.426. The SMILES string of the molecule is CCOc1ccc(S(=O)(=O)N(C)CC(=O)NC2CCCCCCC2)cc1C. The van der Waals surface area contributed by atoms with Crippen LogP contribution in [0.25, 0.3) is 0 Å². The Kier molecular flexibility index (Phi) is 8.10. The van der Waals surface area contributed by atoms with E-state index in [0.29, 0.717) is 12.4 Å². The van der Waals surface area contributed by atoms with Gasteiger partial charge in [0.15, 0.2) is 0 Å². The van der Waals surface area contributed by atoms with Crippen molar-refractivity contribution in [3.05, 3.63) is 23.8 Å². The Morgan fingerprint density at radius 2 is 1.81 bits per heavy atom. The molecule has 0 unspecified atom stereocenters. The van der Waals surface area contributed by atoms with Gasteiger partial charge in [-0.2, -0.15) is 4.31 Å². The number of carbonyl (C=O) groups excluding carboxylic acids is 1. The number of sulfonamides is 1. The first kappa shape index (κ1) is 21.7. The molecule has 1 aromatic carbocycles. The van der Waals surface area contributed by atoms with Gasteiger partial charge in [-0.1, -0.05) is 32.1 Å². The minimum atomic E-state index is -3.73. The fraction of sp³-hybridized carbons (Fsp3) is 0.650. The molecule has 0 aromatic heterocycles. The van der Waals surface area contributed by atoms with E-state index in [2.05, 4.69) is 5.32 Å². The molecule has 1 aromatic rings. The lowest BCUT2D eigenvalue weighted by Gasteiger charge is -2.23. The standard InChI is InChI=1S/C20H32N2O4S/c1-4-26-19-13-12-18(14-16(19)2)27(24,25)22(3)15-20(23)21-17-10-8-6-5-7-9-11-17/h12-14,17H,4-11,15H2,1-3H3,(H,21,23). The maximum absolute atomic E-state index is 12.8. The molecule has 1 aliphatic rings. The summed E-state index contributed by atoms with van der Waals surface area (Å²) >= 11 is 0. The van der Waals surface area contributed by atoms with Gasteiger partial charge in [-0.3, -0.25) is 4.79 Å². The molecule has 6 nitrogen and oxygen atoms in total. The molecule has 0 spiro atoms. The van der Waals surface area contributed by atoms with Crippen LogP contribution in [0, 0.1) is 6.92 Å². The number of likely N-dealkylation sites (N-methyl/N-ethyl adjacent to an activating group) is 1. The van der Waals surface area contributed by atoms with Gasteiger partial charge in [0.25, 0.3) is 0 Å². The monoisotopic (exact) mass is 396 g/mol. The minimum Gasteiger partial charge on any atom is -0.494 e. The average molecular weight is 397 g/mol. The number of benzene rings is 1. The molecule has 27 heavy (non-hydrogen) atoms. The molecule has 1 amide bonds. The smallest absolute Gasteiger partial charge is 0.243 e. The summed E-state index contributed by atoms with van der Waals surface area (Å²) in [6, 6.07) is 4.93. The van der Waals surface area contributed by atoms with Crippen LogP contribution in [0.5, 0.6) is 5.75 Å². The van der Waals surface area contributed by atoms with Gasteiger partial charge >= 0.3 is 0 Å². The maximum atomic E-state index is 12.8. The van der Waals surface area contributed by atoms with Crippen molar-refractivity contribution >= 4 is 15.9 Å². The number of hydrogen-bond donors (Lipinski definition) is 1. The average Bonchev–Trinajstić information content (AvgIpc) is 2.59. The zero-order valence-corrected chi connectivity index (χ0v) is 17.5. The lowest BCUT2D eigenvalue weighted by atomic mass is 9.97. The van der Waals surface area contributed by atoms with Crippen molar-refractivity contribution < 1.29 is 17.9 Å². The van der Waals surface area contributed by atoms with Gasteiger partial charge in [0, 0.05) is 13.1 Å². The third kappa shape index (κ3) is 6.21. The van der Waals surface area contributed by atoms with Gasteiger partial charge in [-0.15, -0.1) is 0 Å². The Balaban J connectivity index is 1.99. The second-order valence-electron chi connectivity index (χ2n) is 7.23. The van der Waals surface area contributed by atoms with Crippen LogP contribution < -0.4 is 10.1 Å². The summed E-state index contributed by atoms with van der Waals surface area (Å²) in [4.78, 5) is 12.5. The van der Waals surface area contributed by atoms with Crippen LogP contribution in [-0.2, 0) is 14.8 Å². The topological polar surface area (TPSA) is 75.7 Å². The number of amides is 1. The van der Waals surface area contributed by atoms with Gasteiger partial charge in [-0.05, 0) is 50.5 Å². The zero-order valence-electron chi connectivity index (χ0n) is 16.7. The first-order valence-corrected chi connectivity index (χ1v) is 11.3. The van der Waals surface area contributed by atoms with Crippen molar-refractivity contribution in [1.82, 2.24) is 9.62 Å². The first-order valence-electron chi connectivity index (χ1n) is 9.83. The highest BCUT2D eigenvalue weighted by molar-refractivity contribution is 7.89. The summed E-state index contributed by atoms with van der Waals surface area (Å²) in [7, 11) is -2.28. The Labute approximate surface area is 163 Å². The fourth-order valence-electron chi connectivity index (χ4n) is 3.44. The van der Waals surface area contributed by atoms with Crippen molar-refractivity contribution in [3.8, 4) is 5.75 Å². The van der Waals surface area contributed by atoms with Crippen LogP contribution >= 0.6 is 0 Å². The number of nitrogens with zero attached hydrogens (tertiary/aromatic N) is 1. The van der Waals surface area contributed by atoms with Crippen molar-refractivity contribution in [1.29, 1.82) is 0 Å². The highest BCUT2D eigenvalue weighted by atomic mass is 32.2. The third-order valence-electron chi connectivity index (χ3n) is 4.99. The van der Waals surface area contributed by atoms with Gasteiger partial charge in [-0.25, -0.2) is 8.42 Å². The second-order valence-corrected chi connectivity index (χ2v) is 9.28. The Morgan fingerprint density at radius 3 is 2.41 bits per heavy atom. The molecule has 1 saturated carbocycles. The van der Waals surface area contributed by atoms with Crippen LogP contribution in [0.15, 0.2) is 23.1 Å². The van der Waals surface area contributed by atoms with Crippen molar-refractivity contribution in [2.24, 2.45) is 0 Å². The molecular formula is C20H32N2O4S. The number of rotatable bonds is 7. The molecule has 152 valence electrons. The zero-order chi connectivity index (χ0) is 19.9. The van der Waals surface area contributed by atoms with Crippen LogP contribution in [-0.4, -0.2) is 44.9 Å². The highest BCUT2D eigenvalue weighted by Gasteiger charge is 2.24. The Morgan fingerprint density at radius 1 is 1.19 bits per heavy atom. The molecule has 1 N–H and O–H groups in total. The molecule has 0 bridgehead atoms. The van der Waals surface area contributed by atoms with E-state index in [9.17, 15) is 13.2 Å². The molecule has 2 rings (SSSR count). The summed E-state index contributed by atoms with van der Waals surface area (Å²) in [6.45, 7) is 4.04. The summed E-state index contributed by atoms with van der Waals surface area (Å²) in [6.07, 6.45) is 7.86. The number of nitrogens with one attached hydrogen (secondary N) is 1. The van der Waals surface area contributed by atoms with E-state index >= 15 is 0 Å². The molecule has 0 radical (unpaired) electrons. The van der Waals surface area contributed by atoms with Crippen LogP contribution in [0.2, 0.25) is 0 Å². The highest BCUT2D eigenvalue weighted by Crippen LogP contribution is 2.23. The fourth-order valence-corrected chi connectivity index (χ4v) is 4.65. The lowest BCUT2D eigenvalue weighted by molar-refractivity contribution is -0.121. The normalized spacial score (nSPS) is 16.6. The number of ether oxygens (including phenoxy) is 1. The van der Waals surface area contributed by atoms with Crippen LogP contribution in [0.3, 0.4) is 0 Å². The van der Waals surface area contributed by atoms with E-state index in [1.165, 1.54) is 32.4 Å². The number of hydrogen-bond acceptors (Lipinski definition) is 4. The van der Waals surface area contributed by atoms with Crippen molar-refractivity contribution in [2.75, 3.05) is 20.2 Å². The van der Waals surface area contributed by atoms with Crippen LogP contribution in [0.4, 0.5) is 0 Å². The lowest BCUT2D eigenvalue weighted by Crippen LogP contribution is -2.42. The quantitative estimate of drug-likeness (QED) is 0.768. The predicted octanol–water partition coefficient (Wildman–Crippen LogP) is 3.24. The Bertz CT molecular complexity index is 725. The Hall–Kier alpha value is -1.60. The van der Waals surface area contributed by atoms with Gasteiger partial charge in [0.05, 0.1) is 18.0 Å².